The van der Waals surface area contributed by atoms with Crippen LogP contribution in [0.5, 0.6) is 0 Å². The van der Waals surface area contributed by atoms with E-state index in [1.54, 1.807) is 0 Å². The van der Waals surface area contributed by atoms with E-state index < -0.39 is 39.7 Å². The first-order valence-corrected chi connectivity index (χ1v) is 12.0. The molecule has 186 valence electrons. The second-order valence-electron chi connectivity index (χ2n) is 8.18. The van der Waals surface area contributed by atoms with E-state index in [-0.39, 0.29) is 42.7 Å². The summed E-state index contributed by atoms with van der Waals surface area (Å²) >= 11 is 0. The van der Waals surface area contributed by atoms with Crippen LogP contribution < -0.4 is 10.5 Å². The molecule has 1 fully saturated rings. The number of carbonyl (C=O) groups excluding carboxylic acids is 1. The molecular weight excluding hydrogens is 486 g/mol. The number of benzene rings is 1. The van der Waals surface area contributed by atoms with Crippen molar-refractivity contribution in [1.29, 1.82) is 0 Å². The van der Waals surface area contributed by atoms with Crippen LogP contribution in [0.1, 0.15) is 34.5 Å². The highest BCUT2D eigenvalue weighted by atomic mass is 32.2. The Kier molecular flexibility index (Phi) is 7.16. The number of nitrogens with two attached hydrogens (primary N) is 1. The van der Waals surface area contributed by atoms with Gasteiger partial charge in [-0.25, -0.2) is 23.9 Å². The molecular formula is C21H22F2N6O5S. The van der Waals surface area contributed by atoms with E-state index in [1.807, 2.05) is 0 Å². The van der Waals surface area contributed by atoms with Crippen molar-refractivity contribution < 1.29 is 31.3 Å². The minimum absolute atomic E-state index is 0.0938. The van der Waals surface area contributed by atoms with Gasteiger partial charge in [0.25, 0.3) is 0 Å². The fourth-order valence-electron chi connectivity index (χ4n) is 3.92. The van der Waals surface area contributed by atoms with Crippen LogP contribution in [-0.2, 0) is 21.0 Å². The number of aliphatic hydroxyl groups excluding tert-OH is 1. The van der Waals surface area contributed by atoms with Crippen LogP contribution in [-0.4, -0.2) is 57.8 Å². The standard InChI is InChI=1S/C21H22F2N6O5S/c22-16-2-1-12(5-17(16)23)9-29-4-3-18(28-29)20(31)15-8-25-11-26-21(15)27-14-6-13(19(30)7-14)10-34-35(24,32)33/h1-5,8,11,13-14,19,30H,6-7,9-10H2,(H2,24,32,33)(H,25,26,27)/t13-,14-,19+/m1/s1. The Bertz CT molecular complexity index is 1340. The molecule has 0 aliphatic heterocycles. The summed E-state index contributed by atoms with van der Waals surface area (Å²) in [6, 6.07) is 4.67. The van der Waals surface area contributed by atoms with Crippen molar-refractivity contribution in [2.24, 2.45) is 11.1 Å². The highest BCUT2D eigenvalue weighted by Crippen LogP contribution is 2.30. The Hall–Kier alpha value is -3.33. The van der Waals surface area contributed by atoms with Crippen molar-refractivity contribution in [3.05, 3.63) is 71.4 Å². The number of hydrogen-bond donors (Lipinski definition) is 3. The lowest BCUT2D eigenvalue weighted by Gasteiger charge is -2.15. The fourth-order valence-corrected chi connectivity index (χ4v) is 4.28. The number of nitrogens with zero attached hydrogens (tertiary/aromatic N) is 4. The summed E-state index contributed by atoms with van der Waals surface area (Å²) in [7, 11) is -4.12. The maximum atomic E-state index is 13.5. The number of aliphatic hydroxyl groups is 1. The molecule has 11 nitrogen and oxygen atoms in total. The first kappa shape index (κ1) is 24.8. The first-order chi connectivity index (χ1) is 16.6. The van der Waals surface area contributed by atoms with Gasteiger partial charge < -0.3 is 10.4 Å². The maximum Gasteiger partial charge on any atom is 0.333 e. The number of anilines is 1. The Labute approximate surface area is 199 Å². The average molecular weight is 509 g/mol. The van der Waals surface area contributed by atoms with E-state index in [4.69, 9.17) is 5.14 Å². The summed E-state index contributed by atoms with van der Waals surface area (Å²) in [4.78, 5) is 21.1. The summed E-state index contributed by atoms with van der Waals surface area (Å²) in [5.41, 5.74) is 0.706. The lowest BCUT2D eigenvalue weighted by molar-refractivity contribution is 0.101. The third kappa shape index (κ3) is 6.22. The zero-order valence-electron chi connectivity index (χ0n) is 18.2. The SMILES string of the molecule is NS(=O)(=O)OC[C@H]1C[C@@H](Nc2ncncc2C(=O)c2ccn(Cc3ccc(F)c(F)c3)n2)C[C@@H]1O. The number of halogens is 2. The van der Waals surface area contributed by atoms with Gasteiger partial charge in [0.05, 0.1) is 24.8 Å². The predicted octanol–water partition coefficient (Wildman–Crippen LogP) is 1.00. The second-order valence-corrected chi connectivity index (χ2v) is 9.40. The van der Waals surface area contributed by atoms with Gasteiger partial charge in [0.2, 0.25) is 5.78 Å². The minimum atomic E-state index is -4.12. The molecule has 0 saturated heterocycles. The van der Waals surface area contributed by atoms with Crippen LogP contribution >= 0.6 is 0 Å². The minimum Gasteiger partial charge on any atom is -0.393 e. The van der Waals surface area contributed by atoms with Crippen molar-refractivity contribution >= 4 is 21.9 Å². The van der Waals surface area contributed by atoms with Crippen LogP contribution in [0, 0.1) is 17.6 Å². The average Bonchev–Trinajstić information content (AvgIpc) is 3.40. The van der Waals surface area contributed by atoms with Gasteiger partial charge in [-0.15, -0.1) is 0 Å². The van der Waals surface area contributed by atoms with Gasteiger partial charge in [0, 0.05) is 24.4 Å². The third-order valence-electron chi connectivity index (χ3n) is 5.60. The molecule has 3 atom stereocenters. The molecule has 35 heavy (non-hydrogen) atoms. The topological polar surface area (TPSA) is 162 Å². The van der Waals surface area contributed by atoms with Gasteiger partial charge in [-0.2, -0.15) is 13.5 Å². The highest BCUT2D eigenvalue weighted by molar-refractivity contribution is 7.84. The monoisotopic (exact) mass is 508 g/mol. The van der Waals surface area contributed by atoms with Crippen LogP contribution in [0.2, 0.25) is 0 Å². The third-order valence-corrected chi connectivity index (χ3v) is 6.07. The molecule has 4 rings (SSSR count). The van der Waals surface area contributed by atoms with Crippen LogP contribution in [0.4, 0.5) is 14.6 Å². The first-order valence-electron chi connectivity index (χ1n) is 10.5. The van der Waals surface area contributed by atoms with E-state index in [2.05, 4.69) is 24.6 Å². The largest absolute Gasteiger partial charge is 0.393 e. The molecule has 3 aromatic rings. The number of aromatic nitrogens is 4. The van der Waals surface area contributed by atoms with Crippen molar-refractivity contribution in [2.45, 2.75) is 31.5 Å². The van der Waals surface area contributed by atoms with Gasteiger partial charge in [0.1, 0.15) is 17.8 Å². The molecule has 14 heteroatoms. The number of ketones is 1. The molecule has 0 bridgehead atoms. The second kappa shape index (κ2) is 10.1. The summed E-state index contributed by atoms with van der Waals surface area (Å²) in [6.45, 7) is -0.133. The van der Waals surface area contributed by atoms with Gasteiger partial charge >= 0.3 is 10.3 Å². The molecule has 0 spiro atoms. The smallest absolute Gasteiger partial charge is 0.333 e. The van der Waals surface area contributed by atoms with E-state index in [1.165, 1.54) is 35.5 Å². The van der Waals surface area contributed by atoms with E-state index in [0.717, 1.165) is 12.1 Å². The van der Waals surface area contributed by atoms with Crippen LogP contribution in [0.25, 0.3) is 0 Å². The molecule has 1 aliphatic rings. The summed E-state index contributed by atoms with van der Waals surface area (Å²) in [5.74, 6) is -2.64. The van der Waals surface area contributed by atoms with E-state index in [9.17, 15) is 27.1 Å². The Morgan fingerprint density at radius 2 is 2.06 bits per heavy atom. The summed E-state index contributed by atoms with van der Waals surface area (Å²) in [6.07, 6.45) is 3.93. The van der Waals surface area contributed by atoms with Crippen LogP contribution in [0.15, 0.2) is 43.0 Å². The molecule has 2 aromatic heterocycles. The van der Waals surface area contributed by atoms with E-state index >= 15 is 0 Å². The lowest BCUT2D eigenvalue weighted by Crippen LogP contribution is -2.24. The van der Waals surface area contributed by atoms with Crippen molar-refractivity contribution in [3.63, 3.8) is 0 Å². The number of carbonyl (C=O) groups is 1. The zero-order chi connectivity index (χ0) is 25.2. The van der Waals surface area contributed by atoms with Gasteiger partial charge in [-0.1, -0.05) is 6.07 Å². The normalized spacial score (nSPS) is 20.2. The summed E-state index contributed by atoms with van der Waals surface area (Å²) in [5, 5.41) is 22.4. The van der Waals surface area contributed by atoms with E-state index in [0.29, 0.717) is 12.0 Å². The molecule has 4 N–H and O–H groups in total. The molecule has 1 saturated carbocycles. The summed E-state index contributed by atoms with van der Waals surface area (Å²) < 4.78 is 54.6. The lowest BCUT2D eigenvalue weighted by atomic mass is 10.1. The molecule has 0 radical (unpaired) electrons. The quantitative estimate of drug-likeness (QED) is 0.358. The number of rotatable bonds is 9. The predicted molar refractivity (Wildman–Crippen MR) is 118 cm³/mol. The Morgan fingerprint density at radius 3 is 2.80 bits per heavy atom. The molecule has 0 unspecified atom stereocenters. The molecule has 0 amide bonds. The zero-order valence-corrected chi connectivity index (χ0v) is 19.0. The van der Waals surface area contributed by atoms with Gasteiger partial charge in [-0.3, -0.25) is 13.7 Å². The Balaban J connectivity index is 1.44. The van der Waals surface area contributed by atoms with Crippen molar-refractivity contribution in [3.8, 4) is 0 Å². The molecule has 1 aromatic carbocycles. The van der Waals surface area contributed by atoms with Gasteiger partial charge in [-0.05, 0) is 36.6 Å². The van der Waals surface area contributed by atoms with Gasteiger partial charge in [0.15, 0.2) is 11.6 Å². The van der Waals surface area contributed by atoms with Crippen LogP contribution in [0.3, 0.4) is 0 Å². The molecule has 1 aliphatic carbocycles. The molecule has 2 heterocycles. The maximum absolute atomic E-state index is 13.5. The highest BCUT2D eigenvalue weighted by Gasteiger charge is 2.34. The fraction of sp³-hybridized carbons (Fsp3) is 0.333. The Morgan fingerprint density at radius 1 is 1.26 bits per heavy atom. The van der Waals surface area contributed by atoms with Crippen molar-refractivity contribution in [1.82, 2.24) is 19.7 Å². The van der Waals surface area contributed by atoms with Crippen molar-refractivity contribution in [2.75, 3.05) is 11.9 Å². The number of nitrogens with one attached hydrogen (secondary N) is 1. The number of hydrogen-bond acceptors (Lipinski definition) is 9.